The monoisotopic (exact) mass is 391 g/mol. The summed E-state index contributed by atoms with van der Waals surface area (Å²) >= 11 is 0. The van der Waals surface area contributed by atoms with Gasteiger partial charge in [0.2, 0.25) is 5.95 Å². The van der Waals surface area contributed by atoms with Crippen LogP contribution in [0.25, 0.3) is 0 Å². The molecule has 0 aliphatic heterocycles. The normalized spacial score (nSPS) is 11.3. The van der Waals surface area contributed by atoms with Gasteiger partial charge in [0.25, 0.3) is 5.91 Å². The van der Waals surface area contributed by atoms with Crippen LogP contribution in [0.15, 0.2) is 43.0 Å². The topological polar surface area (TPSA) is 88.8 Å². The number of carbonyl (C=O) groups excluding carboxylic acids is 1. The number of anilines is 2. The van der Waals surface area contributed by atoms with Gasteiger partial charge in [-0.05, 0) is 17.7 Å². The molecule has 0 fully saturated rings. The van der Waals surface area contributed by atoms with Gasteiger partial charge in [-0.2, -0.15) is 13.2 Å². The quantitative estimate of drug-likeness (QED) is 0.719. The predicted octanol–water partition coefficient (Wildman–Crippen LogP) is 2.51. The Morgan fingerprint density at radius 1 is 1.18 bits per heavy atom. The van der Waals surface area contributed by atoms with Gasteiger partial charge in [-0.15, -0.1) is 5.10 Å². The Balaban J connectivity index is 1.69. The van der Waals surface area contributed by atoms with Crippen LogP contribution in [0.3, 0.4) is 0 Å². The number of rotatable bonds is 5. The number of nitrogens with zero attached hydrogens (tertiary/aromatic N) is 6. The van der Waals surface area contributed by atoms with Crippen molar-refractivity contribution < 1.29 is 18.0 Å². The Bertz CT molecular complexity index is 969. The van der Waals surface area contributed by atoms with Gasteiger partial charge in [0.05, 0.1) is 5.56 Å². The van der Waals surface area contributed by atoms with Crippen LogP contribution in [0.5, 0.6) is 0 Å². The Morgan fingerprint density at radius 2 is 1.89 bits per heavy atom. The number of halogens is 3. The first-order valence-electron chi connectivity index (χ1n) is 8.08. The van der Waals surface area contributed by atoms with E-state index in [2.05, 4.69) is 25.4 Å². The summed E-state index contributed by atoms with van der Waals surface area (Å²) in [6.45, 7) is 0.304. The fourth-order valence-corrected chi connectivity index (χ4v) is 2.40. The summed E-state index contributed by atoms with van der Waals surface area (Å²) in [6.07, 6.45) is -1.69. The van der Waals surface area contributed by atoms with Crippen molar-refractivity contribution in [2.45, 2.75) is 12.7 Å². The highest BCUT2D eigenvalue weighted by atomic mass is 19.4. The van der Waals surface area contributed by atoms with Gasteiger partial charge in [0.1, 0.15) is 24.2 Å². The average molecular weight is 391 g/mol. The number of hydrogen-bond donors (Lipinski definition) is 1. The maximum atomic E-state index is 12.6. The van der Waals surface area contributed by atoms with E-state index in [1.807, 2.05) is 0 Å². The van der Waals surface area contributed by atoms with E-state index in [9.17, 15) is 18.0 Å². The first kappa shape index (κ1) is 19.3. The average Bonchev–Trinajstić information content (AvgIpc) is 3.06. The molecule has 146 valence electrons. The summed E-state index contributed by atoms with van der Waals surface area (Å²) in [5.41, 5.74) is 0.0672. The SMILES string of the molecule is CN(Cc1ccc(C(F)(F)F)cc1)c1cc(C(=O)Nc2ncn(C)n2)ncn1. The fourth-order valence-electron chi connectivity index (χ4n) is 2.40. The third kappa shape index (κ3) is 4.61. The number of benzene rings is 1. The van der Waals surface area contributed by atoms with Gasteiger partial charge in [0, 0.05) is 26.7 Å². The van der Waals surface area contributed by atoms with E-state index in [-0.39, 0.29) is 11.6 Å². The molecule has 1 aromatic carbocycles. The Hall–Kier alpha value is -3.50. The highest BCUT2D eigenvalue weighted by Crippen LogP contribution is 2.29. The number of nitrogens with one attached hydrogen (secondary N) is 1. The molecule has 0 aliphatic rings. The fraction of sp³-hybridized carbons (Fsp3) is 0.235. The highest BCUT2D eigenvalue weighted by Gasteiger charge is 2.29. The van der Waals surface area contributed by atoms with Crippen LogP contribution < -0.4 is 10.2 Å². The second-order valence-electron chi connectivity index (χ2n) is 6.01. The molecule has 0 saturated carbocycles. The van der Waals surface area contributed by atoms with E-state index in [1.54, 1.807) is 19.0 Å². The summed E-state index contributed by atoms with van der Waals surface area (Å²) in [6, 6.07) is 6.34. The standard InChI is InChI=1S/C17H16F3N7O/c1-26(8-11-3-5-12(6-4-11)17(18,19)20)14-7-13(21-9-22-14)15(28)24-16-23-10-27(2)25-16/h3-7,9-10H,8H2,1-2H3,(H,24,25,28). The van der Waals surface area contributed by atoms with Crippen LogP contribution in [0.1, 0.15) is 21.6 Å². The molecule has 0 saturated heterocycles. The highest BCUT2D eigenvalue weighted by molar-refractivity contribution is 6.02. The third-order valence-corrected chi connectivity index (χ3v) is 3.80. The molecule has 2 heterocycles. The Morgan fingerprint density at radius 3 is 2.50 bits per heavy atom. The number of carbonyl (C=O) groups is 1. The van der Waals surface area contributed by atoms with Gasteiger partial charge in [0.15, 0.2) is 0 Å². The van der Waals surface area contributed by atoms with Crippen molar-refractivity contribution in [3.8, 4) is 0 Å². The van der Waals surface area contributed by atoms with Crippen LogP contribution in [-0.4, -0.2) is 37.7 Å². The lowest BCUT2D eigenvalue weighted by Gasteiger charge is -2.18. The maximum absolute atomic E-state index is 12.6. The molecule has 0 atom stereocenters. The molecule has 0 unspecified atom stereocenters. The number of hydrogen-bond acceptors (Lipinski definition) is 6. The molecular formula is C17H16F3N7O. The van der Waals surface area contributed by atoms with Crippen LogP contribution in [0.4, 0.5) is 24.9 Å². The minimum absolute atomic E-state index is 0.108. The van der Waals surface area contributed by atoms with E-state index < -0.39 is 17.6 Å². The van der Waals surface area contributed by atoms with Crippen LogP contribution in [-0.2, 0) is 19.8 Å². The van der Waals surface area contributed by atoms with Crippen LogP contribution in [0.2, 0.25) is 0 Å². The molecule has 28 heavy (non-hydrogen) atoms. The third-order valence-electron chi connectivity index (χ3n) is 3.80. The smallest absolute Gasteiger partial charge is 0.355 e. The van der Waals surface area contributed by atoms with E-state index in [0.717, 1.165) is 12.1 Å². The lowest BCUT2D eigenvalue weighted by molar-refractivity contribution is -0.137. The second kappa shape index (κ2) is 7.62. The van der Waals surface area contributed by atoms with Crippen molar-refractivity contribution in [1.29, 1.82) is 0 Å². The van der Waals surface area contributed by atoms with Crippen molar-refractivity contribution in [2.75, 3.05) is 17.3 Å². The van der Waals surface area contributed by atoms with E-state index >= 15 is 0 Å². The van der Waals surface area contributed by atoms with Crippen molar-refractivity contribution in [3.63, 3.8) is 0 Å². The molecule has 0 aliphatic carbocycles. The van der Waals surface area contributed by atoms with Crippen molar-refractivity contribution in [2.24, 2.45) is 7.05 Å². The molecule has 1 amide bonds. The van der Waals surface area contributed by atoms with Gasteiger partial charge in [-0.1, -0.05) is 12.1 Å². The molecule has 11 heteroatoms. The zero-order valence-corrected chi connectivity index (χ0v) is 15.0. The summed E-state index contributed by atoms with van der Waals surface area (Å²) in [4.78, 5) is 25.9. The number of aryl methyl sites for hydroxylation is 1. The molecule has 0 spiro atoms. The van der Waals surface area contributed by atoms with E-state index in [0.29, 0.717) is 17.9 Å². The van der Waals surface area contributed by atoms with Crippen LogP contribution in [0, 0.1) is 0 Å². The lowest BCUT2D eigenvalue weighted by Crippen LogP contribution is -2.20. The Kier molecular flexibility index (Phi) is 5.25. The molecular weight excluding hydrogens is 375 g/mol. The molecule has 0 bridgehead atoms. The minimum atomic E-state index is -4.37. The van der Waals surface area contributed by atoms with E-state index in [1.165, 1.54) is 35.5 Å². The minimum Gasteiger partial charge on any atom is -0.355 e. The van der Waals surface area contributed by atoms with Gasteiger partial charge >= 0.3 is 6.18 Å². The zero-order valence-electron chi connectivity index (χ0n) is 15.0. The number of alkyl halides is 3. The molecule has 3 aromatic rings. The van der Waals surface area contributed by atoms with E-state index in [4.69, 9.17) is 0 Å². The second-order valence-corrected chi connectivity index (χ2v) is 6.01. The van der Waals surface area contributed by atoms with Gasteiger partial charge in [-0.3, -0.25) is 14.8 Å². The summed E-state index contributed by atoms with van der Waals surface area (Å²) in [7, 11) is 3.38. The summed E-state index contributed by atoms with van der Waals surface area (Å²) in [5.74, 6) is 0.0811. The first-order valence-corrected chi connectivity index (χ1v) is 8.08. The first-order chi connectivity index (χ1) is 13.2. The number of amides is 1. The van der Waals surface area contributed by atoms with Crippen molar-refractivity contribution in [1.82, 2.24) is 24.7 Å². The largest absolute Gasteiger partial charge is 0.416 e. The molecule has 3 rings (SSSR count). The number of aromatic nitrogens is 5. The molecule has 8 nitrogen and oxygen atoms in total. The molecule has 0 radical (unpaired) electrons. The van der Waals surface area contributed by atoms with Gasteiger partial charge in [-0.25, -0.2) is 15.0 Å². The summed E-state index contributed by atoms with van der Waals surface area (Å²) < 4.78 is 39.4. The van der Waals surface area contributed by atoms with Gasteiger partial charge < -0.3 is 4.90 Å². The molecule has 2 aromatic heterocycles. The zero-order chi connectivity index (χ0) is 20.3. The van der Waals surface area contributed by atoms with Crippen molar-refractivity contribution in [3.05, 3.63) is 59.8 Å². The maximum Gasteiger partial charge on any atom is 0.416 e. The van der Waals surface area contributed by atoms with Crippen molar-refractivity contribution >= 4 is 17.7 Å². The summed E-state index contributed by atoms with van der Waals surface area (Å²) in [5, 5.41) is 6.47. The molecule has 1 N–H and O–H groups in total. The van der Waals surface area contributed by atoms with Crippen LogP contribution >= 0.6 is 0 Å². The Labute approximate surface area is 158 Å². The predicted molar refractivity (Wildman–Crippen MR) is 94.5 cm³/mol. The lowest BCUT2D eigenvalue weighted by atomic mass is 10.1.